The van der Waals surface area contributed by atoms with Crippen molar-refractivity contribution in [2.75, 3.05) is 0 Å². The Bertz CT molecular complexity index is 1380. The minimum absolute atomic E-state index is 0.237. The van der Waals surface area contributed by atoms with E-state index in [0.29, 0.717) is 28.3 Å². The van der Waals surface area contributed by atoms with Gasteiger partial charge in [-0.2, -0.15) is 5.10 Å². The first kappa shape index (κ1) is 20.6. The first-order chi connectivity index (χ1) is 15.4. The van der Waals surface area contributed by atoms with E-state index in [4.69, 9.17) is 16.7 Å². The molecule has 0 saturated heterocycles. The van der Waals surface area contributed by atoms with Gasteiger partial charge in [-0.15, -0.1) is 0 Å². The van der Waals surface area contributed by atoms with Crippen LogP contribution in [0.3, 0.4) is 0 Å². The molecule has 162 valence electrons. The lowest BCUT2D eigenvalue weighted by molar-refractivity contribution is -0.136. The predicted octanol–water partition coefficient (Wildman–Crippen LogP) is 5.67. The molecule has 0 amide bonds. The summed E-state index contributed by atoms with van der Waals surface area (Å²) in [5, 5.41) is 14.5. The number of aromatic nitrogens is 3. The minimum Gasteiger partial charge on any atom is -0.481 e. The summed E-state index contributed by atoms with van der Waals surface area (Å²) in [6.45, 7) is 1.74. The van der Waals surface area contributed by atoms with Crippen molar-refractivity contribution in [3.05, 3.63) is 75.7 Å². The highest BCUT2D eigenvalue weighted by Crippen LogP contribution is 2.33. The summed E-state index contributed by atoms with van der Waals surface area (Å²) >= 11 is 5.95. The number of aryl methyl sites for hydroxylation is 3. The number of carbonyl (C=O) groups is 1. The van der Waals surface area contributed by atoms with Gasteiger partial charge in [0, 0.05) is 33.5 Å². The van der Waals surface area contributed by atoms with E-state index in [0.717, 1.165) is 18.4 Å². The van der Waals surface area contributed by atoms with Crippen LogP contribution in [0.4, 0.5) is 4.39 Å². The van der Waals surface area contributed by atoms with Crippen LogP contribution < -0.4 is 0 Å². The first-order valence-electron chi connectivity index (χ1n) is 10.6. The Morgan fingerprint density at radius 1 is 1.12 bits per heavy atom. The maximum atomic E-state index is 14.9. The first-order valence-corrected chi connectivity index (χ1v) is 11.0. The van der Waals surface area contributed by atoms with Crippen LogP contribution in [0.1, 0.15) is 35.2 Å². The van der Waals surface area contributed by atoms with Crippen LogP contribution in [-0.2, 0) is 24.1 Å². The topological polar surface area (TPSA) is 67.5 Å². The molecular weight excluding hydrogens is 429 g/mol. The fourth-order valence-electron chi connectivity index (χ4n) is 4.51. The van der Waals surface area contributed by atoms with Crippen LogP contribution in [0.5, 0.6) is 0 Å². The number of benzene rings is 2. The molecule has 2 aromatic heterocycles. The number of hydrogen-bond acceptors (Lipinski definition) is 3. The van der Waals surface area contributed by atoms with E-state index in [1.54, 1.807) is 23.6 Å². The Kier molecular flexibility index (Phi) is 5.18. The average Bonchev–Trinajstić information content (AvgIpc) is 3.18. The molecule has 0 aliphatic heterocycles. The van der Waals surface area contributed by atoms with Gasteiger partial charge < -0.3 is 5.11 Å². The number of carboxylic acid groups (broad SMARTS) is 1. The van der Waals surface area contributed by atoms with Gasteiger partial charge in [0.25, 0.3) is 0 Å². The Hall–Kier alpha value is -3.25. The van der Waals surface area contributed by atoms with Crippen LogP contribution in [0.2, 0.25) is 5.02 Å². The lowest BCUT2D eigenvalue weighted by atomic mass is 9.90. The molecule has 1 aliphatic rings. The van der Waals surface area contributed by atoms with Gasteiger partial charge >= 0.3 is 5.97 Å². The van der Waals surface area contributed by atoms with Crippen molar-refractivity contribution in [3.63, 3.8) is 0 Å². The molecule has 7 heteroatoms. The molecule has 0 saturated carbocycles. The van der Waals surface area contributed by atoms with Crippen LogP contribution in [0.25, 0.3) is 28.2 Å². The molecule has 2 heterocycles. The highest BCUT2D eigenvalue weighted by Gasteiger charge is 2.22. The number of carboxylic acids is 1. The van der Waals surface area contributed by atoms with Crippen molar-refractivity contribution in [2.24, 2.45) is 0 Å². The third-order valence-corrected chi connectivity index (χ3v) is 6.30. The van der Waals surface area contributed by atoms with E-state index >= 15 is 0 Å². The zero-order valence-corrected chi connectivity index (χ0v) is 18.3. The van der Waals surface area contributed by atoms with Gasteiger partial charge in [0.2, 0.25) is 0 Å². The second kappa shape index (κ2) is 8.02. The molecule has 4 aromatic rings. The number of nitrogens with zero attached hydrogens (tertiary/aromatic N) is 3. The molecule has 0 atom stereocenters. The summed E-state index contributed by atoms with van der Waals surface area (Å²) in [5.74, 6) is -1.56. The molecular formula is C25H21ClFN3O2. The highest BCUT2D eigenvalue weighted by atomic mass is 35.5. The maximum Gasteiger partial charge on any atom is 0.307 e. The fourth-order valence-corrected chi connectivity index (χ4v) is 4.67. The van der Waals surface area contributed by atoms with Crippen LogP contribution in [0.15, 0.2) is 42.5 Å². The van der Waals surface area contributed by atoms with E-state index in [9.17, 15) is 14.3 Å². The second-order valence-electron chi connectivity index (χ2n) is 8.21. The third kappa shape index (κ3) is 3.65. The van der Waals surface area contributed by atoms with E-state index in [1.807, 2.05) is 6.07 Å². The standard InChI is InChI=1S/C25H21ClFN3O2/c1-14-20(12-24(31)32)25(19-9-8-18(26)11-21(19)27)30-23(28-14)13-22(29-30)17-7-6-15-4-2-3-5-16(15)10-17/h6-11,13H,2-5,12H2,1H3,(H,31,32). The lowest BCUT2D eigenvalue weighted by Crippen LogP contribution is -2.11. The predicted molar refractivity (Wildman–Crippen MR) is 122 cm³/mol. The Labute approximate surface area is 189 Å². The van der Waals surface area contributed by atoms with Gasteiger partial charge in [0.15, 0.2) is 5.65 Å². The zero-order valence-electron chi connectivity index (χ0n) is 17.5. The Morgan fingerprint density at radius 2 is 1.91 bits per heavy atom. The van der Waals surface area contributed by atoms with Crippen LogP contribution in [0, 0.1) is 12.7 Å². The van der Waals surface area contributed by atoms with Crippen molar-refractivity contribution in [3.8, 4) is 22.5 Å². The quantitative estimate of drug-likeness (QED) is 0.436. The van der Waals surface area contributed by atoms with Crippen molar-refractivity contribution in [2.45, 2.75) is 39.0 Å². The summed E-state index contributed by atoms with van der Waals surface area (Å²) in [5.41, 5.74) is 6.51. The molecule has 5 nitrogen and oxygen atoms in total. The molecule has 0 radical (unpaired) electrons. The smallest absolute Gasteiger partial charge is 0.307 e. The Morgan fingerprint density at radius 3 is 2.66 bits per heavy atom. The van der Waals surface area contributed by atoms with Crippen molar-refractivity contribution in [1.29, 1.82) is 0 Å². The number of rotatable bonds is 4. The fraction of sp³-hybridized carbons (Fsp3) is 0.240. The molecule has 0 unspecified atom stereocenters. The highest BCUT2D eigenvalue weighted by molar-refractivity contribution is 6.30. The summed E-state index contributed by atoms with van der Waals surface area (Å²) in [6, 6.07) is 12.6. The van der Waals surface area contributed by atoms with Gasteiger partial charge in [-0.05, 0) is 68.0 Å². The summed E-state index contributed by atoms with van der Waals surface area (Å²) < 4.78 is 16.5. The van der Waals surface area contributed by atoms with Crippen LogP contribution in [-0.4, -0.2) is 25.7 Å². The number of halogens is 2. The maximum absolute atomic E-state index is 14.9. The number of hydrogen-bond donors (Lipinski definition) is 1. The molecule has 0 fully saturated rings. The molecule has 1 N–H and O–H groups in total. The van der Waals surface area contributed by atoms with E-state index in [2.05, 4.69) is 23.2 Å². The summed E-state index contributed by atoms with van der Waals surface area (Å²) in [6.07, 6.45) is 4.26. The number of fused-ring (bicyclic) bond motifs is 2. The van der Waals surface area contributed by atoms with Crippen molar-refractivity contribution >= 4 is 23.2 Å². The normalized spacial score (nSPS) is 13.3. The van der Waals surface area contributed by atoms with E-state index in [1.165, 1.54) is 30.0 Å². The van der Waals surface area contributed by atoms with Crippen LogP contribution >= 0.6 is 11.6 Å². The zero-order chi connectivity index (χ0) is 22.4. The third-order valence-electron chi connectivity index (χ3n) is 6.07. The monoisotopic (exact) mass is 449 g/mol. The molecule has 2 aromatic carbocycles. The average molecular weight is 450 g/mol. The second-order valence-corrected chi connectivity index (χ2v) is 8.65. The SMILES string of the molecule is Cc1nc2cc(-c3ccc4c(c3)CCCC4)nn2c(-c2ccc(Cl)cc2F)c1CC(=O)O. The van der Waals surface area contributed by atoms with Gasteiger partial charge in [0.1, 0.15) is 5.82 Å². The lowest BCUT2D eigenvalue weighted by Gasteiger charge is -2.16. The van der Waals surface area contributed by atoms with E-state index in [-0.39, 0.29) is 17.0 Å². The minimum atomic E-state index is -1.02. The van der Waals surface area contributed by atoms with E-state index < -0.39 is 11.8 Å². The van der Waals surface area contributed by atoms with Gasteiger partial charge in [-0.3, -0.25) is 4.79 Å². The largest absolute Gasteiger partial charge is 0.481 e. The van der Waals surface area contributed by atoms with Crippen molar-refractivity contribution in [1.82, 2.24) is 14.6 Å². The molecule has 0 bridgehead atoms. The molecule has 1 aliphatic carbocycles. The molecule has 32 heavy (non-hydrogen) atoms. The summed E-state index contributed by atoms with van der Waals surface area (Å²) in [4.78, 5) is 16.2. The van der Waals surface area contributed by atoms with Crippen molar-refractivity contribution < 1.29 is 14.3 Å². The molecule has 0 spiro atoms. The van der Waals surface area contributed by atoms with Gasteiger partial charge in [-0.25, -0.2) is 13.9 Å². The molecule has 5 rings (SSSR count). The Balaban J connectivity index is 1.74. The number of aliphatic carboxylic acids is 1. The van der Waals surface area contributed by atoms with Gasteiger partial charge in [0.05, 0.1) is 17.8 Å². The summed E-state index contributed by atoms with van der Waals surface area (Å²) in [7, 11) is 0. The van der Waals surface area contributed by atoms with Gasteiger partial charge in [-0.1, -0.05) is 23.7 Å².